The van der Waals surface area contributed by atoms with E-state index in [1.54, 1.807) is 17.8 Å². The molecule has 3 rings (SSSR count). The maximum absolute atomic E-state index is 13.2. The normalized spacial score (nSPS) is 11.7. The number of nitrogens with one attached hydrogen (secondary N) is 2. The monoisotopic (exact) mass is 477 g/mol. The molecule has 0 spiro atoms. The van der Waals surface area contributed by atoms with Gasteiger partial charge in [-0.3, -0.25) is 4.79 Å². The van der Waals surface area contributed by atoms with Crippen LogP contribution in [0, 0.1) is 6.92 Å². The average Bonchev–Trinajstić information content (AvgIpc) is 3.35. The molecule has 0 aliphatic carbocycles. The molecule has 2 aromatic carbocycles. The van der Waals surface area contributed by atoms with Crippen molar-refractivity contribution >= 4 is 29.5 Å². The number of thiocarbonyl (C=S) groups is 1. The van der Waals surface area contributed by atoms with Crippen molar-refractivity contribution in [1.29, 1.82) is 0 Å². The number of nitrogens with zero attached hydrogens (tertiary/aromatic N) is 1. The van der Waals surface area contributed by atoms with Gasteiger partial charge < -0.3 is 15.4 Å². The molecule has 0 saturated heterocycles. The van der Waals surface area contributed by atoms with Crippen molar-refractivity contribution in [2.45, 2.75) is 57.9 Å². The molecule has 1 heterocycles. The van der Waals surface area contributed by atoms with Crippen LogP contribution < -0.4 is 5.32 Å². The Hall–Kier alpha value is -3.32. The first-order valence-electron chi connectivity index (χ1n) is 11.6. The number of carboxylic acids is 1. The first-order valence-corrected chi connectivity index (χ1v) is 12.1. The molecule has 1 unspecified atom stereocenters. The fourth-order valence-electron chi connectivity index (χ4n) is 3.99. The quantitative estimate of drug-likeness (QED) is 0.229. The van der Waals surface area contributed by atoms with E-state index in [1.165, 1.54) is 0 Å². The van der Waals surface area contributed by atoms with E-state index in [0.29, 0.717) is 12.0 Å². The van der Waals surface area contributed by atoms with Gasteiger partial charge in [0.1, 0.15) is 6.04 Å². The minimum absolute atomic E-state index is 0.371. The SMILES string of the molecule is Cc1ccccc1-c1cc(CCc2cnc[nH]2)ccc1C(=O)NC(CCCCCC=S)C(=O)O. The number of benzene rings is 2. The van der Waals surface area contributed by atoms with E-state index in [4.69, 9.17) is 12.2 Å². The van der Waals surface area contributed by atoms with Gasteiger partial charge in [-0.1, -0.05) is 61.5 Å². The van der Waals surface area contributed by atoms with Crippen molar-refractivity contribution in [3.63, 3.8) is 0 Å². The van der Waals surface area contributed by atoms with E-state index in [2.05, 4.69) is 15.3 Å². The van der Waals surface area contributed by atoms with Gasteiger partial charge in [-0.15, -0.1) is 0 Å². The van der Waals surface area contributed by atoms with Gasteiger partial charge in [0.15, 0.2) is 0 Å². The summed E-state index contributed by atoms with van der Waals surface area (Å²) in [5.41, 5.74) is 5.44. The number of H-pyrrole nitrogens is 1. The number of hydrogen-bond donors (Lipinski definition) is 3. The third-order valence-electron chi connectivity index (χ3n) is 5.92. The first-order chi connectivity index (χ1) is 16.5. The van der Waals surface area contributed by atoms with Gasteiger partial charge in [-0.2, -0.15) is 0 Å². The Morgan fingerprint density at radius 3 is 2.65 bits per heavy atom. The molecule has 6 nitrogen and oxygen atoms in total. The van der Waals surface area contributed by atoms with E-state index >= 15 is 0 Å². The Morgan fingerprint density at radius 1 is 1.12 bits per heavy atom. The second-order valence-corrected chi connectivity index (χ2v) is 8.77. The van der Waals surface area contributed by atoms with E-state index < -0.39 is 12.0 Å². The highest BCUT2D eigenvalue weighted by atomic mass is 32.1. The molecule has 0 radical (unpaired) electrons. The molecule has 1 atom stereocenters. The summed E-state index contributed by atoms with van der Waals surface area (Å²) in [4.78, 5) is 32.2. The summed E-state index contributed by atoms with van der Waals surface area (Å²) in [7, 11) is 0. The smallest absolute Gasteiger partial charge is 0.326 e. The summed E-state index contributed by atoms with van der Waals surface area (Å²) in [6.45, 7) is 2.01. The molecule has 1 amide bonds. The van der Waals surface area contributed by atoms with Gasteiger partial charge in [0.05, 0.1) is 6.33 Å². The molecule has 0 fully saturated rings. The Bertz CT molecular complexity index is 1110. The van der Waals surface area contributed by atoms with Crippen LogP contribution in [0.2, 0.25) is 0 Å². The number of aromatic nitrogens is 2. The Balaban J connectivity index is 1.81. The molecule has 34 heavy (non-hydrogen) atoms. The maximum atomic E-state index is 13.2. The highest BCUT2D eigenvalue weighted by Gasteiger charge is 2.22. The fourth-order valence-corrected chi connectivity index (χ4v) is 4.16. The summed E-state index contributed by atoms with van der Waals surface area (Å²) in [6.07, 6.45) is 8.84. The van der Waals surface area contributed by atoms with Crippen molar-refractivity contribution in [2.75, 3.05) is 0 Å². The van der Waals surface area contributed by atoms with Crippen LogP contribution in [-0.4, -0.2) is 38.4 Å². The fraction of sp³-hybridized carbons (Fsp3) is 0.333. The topological polar surface area (TPSA) is 95.1 Å². The Labute approximate surface area is 205 Å². The predicted octanol–water partition coefficient (Wildman–Crippen LogP) is 5.30. The maximum Gasteiger partial charge on any atom is 0.326 e. The van der Waals surface area contributed by atoms with Crippen molar-refractivity contribution in [3.8, 4) is 11.1 Å². The molecule has 1 aromatic heterocycles. The summed E-state index contributed by atoms with van der Waals surface area (Å²) in [5, 5.41) is 14.1. The number of aromatic amines is 1. The molecular formula is C27H31N3O3S. The number of imidazole rings is 1. The standard InChI is InChI=1S/C27H31N3O3S/c1-19-8-5-6-9-22(19)24-16-20(11-13-21-17-28-18-29-21)12-14-23(24)26(31)30-25(27(32)33)10-4-2-3-7-15-34/h5-6,8-9,12,14-18,25H,2-4,7,10-11,13H2,1H3,(H,28,29)(H,30,31)(H,32,33). The minimum Gasteiger partial charge on any atom is -0.480 e. The number of carbonyl (C=O) groups is 2. The number of rotatable bonds is 13. The van der Waals surface area contributed by atoms with E-state index in [1.807, 2.05) is 49.5 Å². The van der Waals surface area contributed by atoms with Crippen molar-refractivity contribution in [2.24, 2.45) is 0 Å². The summed E-state index contributed by atoms with van der Waals surface area (Å²) in [6, 6.07) is 12.8. The minimum atomic E-state index is -1.02. The van der Waals surface area contributed by atoms with Crippen LogP contribution in [0.15, 0.2) is 55.0 Å². The summed E-state index contributed by atoms with van der Waals surface area (Å²) >= 11 is 4.83. The molecule has 3 aromatic rings. The third kappa shape index (κ3) is 7.09. The lowest BCUT2D eigenvalue weighted by molar-refractivity contribution is -0.139. The highest BCUT2D eigenvalue weighted by Crippen LogP contribution is 2.29. The second kappa shape index (κ2) is 12.8. The van der Waals surface area contributed by atoms with E-state index in [9.17, 15) is 14.7 Å². The number of amides is 1. The van der Waals surface area contributed by atoms with Crippen LogP contribution >= 0.6 is 12.2 Å². The largest absolute Gasteiger partial charge is 0.480 e. The number of aryl methyl sites for hydroxylation is 3. The number of carbonyl (C=O) groups excluding carboxylic acids is 1. The number of aliphatic carboxylic acids is 1. The third-order valence-corrected chi connectivity index (χ3v) is 6.16. The van der Waals surface area contributed by atoms with Crippen LogP contribution in [-0.2, 0) is 17.6 Å². The Morgan fingerprint density at radius 2 is 1.94 bits per heavy atom. The van der Waals surface area contributed by atoms with Gasteiger partial charge in [0.25, 0.3) is 5.91 Å². The van der Waals surface area contributed by atoms with Gasteiger partial charge in [0.2, 0.25) is 0 Å². The van der Waals surface area contributed by atoms with Crippen LogP contribution in [0.3, 0.4) is 0 Å². The summed E-state index contributed by atoms with van der Waals surface area (Å²) in [5.74, 6) is -1.39. The molecular weight excluding hydrogens is 446 g/mol. The van der Waals surface area contributed by atoms with Crippen molar-refractivity contribution < 1.29 is 14.7 Å². The van der Waals surface area contributed by atoms with Crippen LogP contribution in [0.4, 0.5) is 0 Å². The molecule has 7 heteroatoms. The molecule has 178 valence electrons. The van der Waals surface area contributed by atoms with E-state index in [0.717, 1.165) is 66.5 Å². The lowest BCUT2D eigenvalue weighted by Gasteiger charge is -2.18. The van der Waals surface area contributed by atoms with Crippen LogP contribution in [0.1, 0.15) is 59.3 Å². The van der Waals surface area contributed by atoms with Gasteiger partial charge >= 0.3 is 5.97 Å². The summed E-state index contributed by atoms with van der Waals surface area (Å²) < 4.78 is 0. The Kier molecular flexibility index (Phi) is 9.52. The number of carboxylic acid groups (broad SMARTS) is 1. The van der Waals surface area contributed by atoms with Gasteiger partial charge in [0, 0.05) is 17.5 Å². The zero-order valence-electron chi connectivity index (χ0n) is 19.4. The lowest BCUT2D eigenvalue weighted by atomic mass is 9.92. The van der Waals surface area contributed by atoms with E-state index in [-0.39, 0.29) is 5.91 Å². The lowest BCUT2D eigenvalue weighted by Crippen LogP contribution is -2.41. The average molecular weight is 478 g/mol. The second-order valence-electron chi connectivity index (χ2n) is 8.44. The predicted molar refractivity (Wildman–Crippen MR) is 138 cm³/mol. The molecule has 0 saturated carbocycles. The van der Waals surface area contributed by atoms with Gasteiger partial charge in [-0.05, 0) is 72.7 Å². The molecule has 0 aliphatic heterocycles. The van der Waals surface area contributed by atoms with Gasteiger partial charge in [-0.25, -0.2) is 9.78 Å². The van der Waals surface area contributed by atoms with Crippen molar-refractivity contribution in [1.82, 2.24) is 15.3 Å². The van der Waals surface area contributed by atoms with Crippen molar-refractivity contribution in [3.05, 3.63) is 77.4 Å². The zero-order chi connectivity index (χ0) is 24.3. The number of unbranched alkanes of at least 4 members (excludes halogenated alkanes) is 3. The van der Waals surface area contributed by atoms with Crippen LogP contribution in [0.25, 0.3) is 11.1 Å². The molecule has 0 bridgehead atoms. The highest BCUT2D eigenvalue weighted by molar-refractivity contribution is 7.78. The van der Waals surface area contributed by atoms with Crippen LogP contribution in [0.5, 0.6) is 0 Å². The number of hydrogen-bond acceptors (Lipinski definition) is 4. The first kappa shape index (κ1) is 25.3. The molecule has 3 N–H and O–H groups in total. The molecule has 0 aliphatic rings. The zero-order valence-corrected chi connectivity index (χ0v) is 20.2.